The molecule has 0 atom stereocenters. The highest BCUT2D eigenvalue weighted by molar-refractivity contribution is 5.82. The van der Waals surface area contributed by atoms with E-state index < -0.39 is 11.4 Å². The predicted molar refractivity (Wildman–Crippen MR) is 101 cm³/mol. The number of rotatable bonds is 3. The van der Waals surface area contributed by atoms with Crippen LogP contribution in [0, 0.1) is 11.6 Å². The highest BCUT2D eigenvalue weighted by atomic mass is 19.1. The lowest BCUT2D eigenvalue weighted by Crippen LogP contribution is -2.20. The van der Waals surface area contributed by atoms with Crippen molar-refractivity contribution in [3.63, 3.8) is 0 Å². The van der Waals surface area contributed by atoms with E-state index in [9.17, 15) is 13.6 Å². The van der Waals surface area contributed by atoms with E-state index in [-0.39, 0.29) is 17.2 Å². The molecule has 0 aliphatic heterocycles. The molecule has 0 fully saturated rings. The van der Waals surface area contributed by atoms with Crippen molar-refractivity contribution in [1.82, 2.24) is 9.66 Å². The Morgan fingerprint density at radius 1 is 0.889 bits per heavy atom. The van der Waals surface area contributed by atoms with E-state index in [1.165, 1.54) is 42.6 Å². The van der Waals surface area contributed by atoms with E-state index in [0.29, 0.717) is 16.5 Å². The van der Waals surface area contributed by atoms with E-state index in [1.54, 1.807) is 36.4 Å². The molecule has 0 aliphatic rings. The molecule has 0 unspecified atom stereocenters. The number of benzene rings is 3. The smallest absolute Gasteiger partial charge is 0.267 e. The Hall–Kier alpha value is -3.67. The third-order valence-corrected chi connectivity index (χ3v) is 4.06. The molecule has 3 aromatic carbocycles. The van der Waals surface area contributed by atoms with Crippen LogP contribution in [0.4, 0.5) is 8.78 Å². The topological polar surface area (TPSA) is 47.2 Å². The van der Waals surface area contributed by atoms with E-state index in [4.69, 9.17) is 0 Å². The normalized spacial score (nSPS) is 11.3. The Bertz CT molecular complexity index is 1210. The van der Waals surface area contributed by atoms with Crippen LogP contribution in [0.15, 0.2) is 82.7 Å². The third kappa shape index (κ3) is 3.25. The van der Waals surface area contributed by atoms with Gasteiger partial charge < -0.3 is 0 Å². The molecule has 132 valence electrons. The molecule has 0 radical (unpaired) electrons. The predicted octanol–water partition coefficient (Wildman–Crippen LogP) is 4.22. The maximum atomic E-state index is 14.3. The van der Waals surface area contributed by atoms with Gasteiger partial charge in [-0.05, 0) is 42.0 Å². The second kappa shape index (κ2) is 6.92. The number of hydrogen-bond donors (Lipinski definition) is 0. The summed E-state index contributed by atoms with van der Waals surface area (Å²) in [4.78, 5) is 17.4. The minimum atomic E-state index is -0.509. The van der Waals surface area contributed by atoms with E-state index in [2.05, 4.69) is 10.1 Å². The summed E-state index contributed by atoms with van der Waals surface area (Å²) in [6.45, 7) is 0. The number of halogens is 2. The zero-order valence-electron chi connectivity index (χ0n) is 14.0. The summed E-state index contributed by atoms with van der Waals surface area (Å²) in [7, 11) is 0. The van der Waals surface area contributed by atoms with Crippen molar-refractivity contribution in [2.24, 2.45) is 5.10 Å². The van der Waals surface area contributed by atoms with Gasteiger partial charge in [0, 0.05) is 0 Å². The summed E-state index contributed by atoms with van der Waals surface area (Å²) in [5.74, 6) is -0.788. The van der Waals surface area contributed by atoms with Crippen molar-refractivity contribution in [1.29, 1.82) is 0 Å². The second-order valence-electron chi connectivity index (χ2n) is 5.85. The molecule has 27 heavy (non-hydrogen) atoms. The minimum absolute atomic E-state index is 0.0927. The fraction of sp³-hybridized carbons (Fsp3) is 0. The minimum Gasteiger partial charge on any atom is -0.267 e. The SMILES string of the molecule is O=c1c2ccccc2nc(-c2ccccc2F)n1N=Cc1ccc(F)cc1. The van der Waals surface area contributed by atoms with Crippen molar-refractivity contribution in [3.8, 4) is 11.4 Å². The standard InChI is InChI=1S/C21H13F2N3O/c22-15-11-9-14(10-12-15)13-24-26-20(16-5-1-3-7-18(16)23)25-19-8-4-2-6-17(19)21(26)27/h1-13H. The van der Waals surface area contributed by atoms with Crippen LogP contribution in [-0.2, 0) is 0 Å². The van der Waals surface area contributed by atoms with Crippen LogP contribution in [0.2, 0.25) is 0 Å². The van der Waals surface area contributed by atoms with Gasteiger partial charge in [-0.2, -0.15) is 9.78 Å². The third-order valence-electron chi connectivity index (χ3n) is 4.06. The van der Waals surface area contributed by atoms with Crippen molar-refractivity contribution >= 4 is 17.1 Å². The van der Waals surface area contributed by atoms with Crippen LogP contribution in [0.1, 0.15) is 5.56 Å². The molecule has 6 heteroatoms. The van der Waals surface area contributed by atoms with Gasteiger partial charge >= 0.3 is 0 Å². The van der Waals surface area contributed by atoms with E-state index >= 15 is 0 Å². The van der Waals surface area contributed by atoms with Crippen molar-refractivity contribution < 1.29 is 8.78 Å². The maximum absolute atomic E-state index is 14.3. The van der Waals surface area contributed by atoms with Gasteiger partial charge in [0.05, 0.1) is 22.7 Å². The maximum Gasteiger partial charge on any atom is 0.282 e. The van der Waals surface area contributed by atoms with Gasteiger partial charge in [-0.1, -0.05) is 36.4 Å². The molecule has 0 saturated heterocycles. The van der Waals surface area contributed by atoms with Crippen LogP contribution in [0.25, 0.3) is 22.3 Å². The molecule has 1 heterocycles. The Morgan fingerprint density at radius 2 is 1.59 bits per heavy atom. The summed E-state index contributed by atoms with van der Waals surface area (Å²) in [6.07, 6.45) is 1.40. The van der Waals surface area contributed by atoms with E-state index in [0.717, 1.165) is 4.68 Å². The quantitative estimate of drug-likeness (QED) is 0.513. The first-order valence-electron chi connectivity index (χ1n) is 8.20. The van der Waals surface area contributed by atoms with Crippen molar-refractivity contribution in [2.45, 2.75) is 0 Å². The number of fused-ring (bicyclic) bond motifs is 1. The van der Waals surface area contributed by atoms with Crippen LogP contribution >= 0.6 is 0 Å². The molecule has 0 aliphatic carbocycles. The van der Waals surface area contributed by atoms with Crippen LogP contribution in [0.5, 0.6) is 0 Å². The van der Waals surface area contributed by atoms with Gasteiger partial charge in [-0.15, -0.1) is 0 Å². The first-order chi connectivity index (χ1) is 13.1. The lowest BCUT2D eigenvalue weighted by atomic mass is 10.2. The lowest BCUT2D eigenvalue weighted by Gasteiger charge is -2.10. The summed E-state index contributed by atoms with van der Waals surface area (Å²) < 4.78 is 28.5. The Labute approximate surface area is 153 Å². The molecule has 1 aromatic heterocycles. The Kier molecular flexibility index (Phi) is 4.30. The second-order valence-corrected chi connectivity index (χ2v) is 5.85. The van der Waals surface area contributed by atoms with Crippen molar-refractivity contribution in [3.05, 3.63) is 100 Å². The molecule has 4 nitrogen and oxygen atoms in total. The van der Waals surface area contributed by atoms with Crippen LogP contribution < -0.4 is 5.56 Å². The fourth-order valence-corrected chi connectivity index (χ4v) is 2.72. The lowest BCUT2D eigenvalue weighted by molar-refractivity contribution is 0.627. The highest BCUT2D eigenvalue weighted by Gasteiger charge is 2.15. The van der Waals surface area contributed by atoms with Gasteiger partial charge in [0.1, 0.15) is 11.6 Å². The molecular weight excluding hydrogens is 348 g/mol. The average Bonchev–Trinajstić information content (AvgIpc) is 2.69. The number of nitrogens with zero attached hydrogens (tertiary/aromatic N) is 3. The average molecular weight is 361 g/mol. The summed E-state index contributed by atoms with van der Waals surface area (Å²) >= 11 is 0. The number of hydrogen-bond acceptors (Lipinski definition) is 3. The fourth-order valence-electron chi connectivity index (χ4n) is 2.72. The zero-order valence-corrected chi connectivity index (χ0v) is 14.0. The van der Waals surface area contributed by atoms with Gasteiger partial charge in [0.15, 0.2) is 5.82 Å². The van der Waals surface area contributed by atoms with Crippen LogP contribution in [0.3, 0.4) is 0 Å². The first kappa shape index (κ1) is 16.8. The molecule has 0 amide bonds. The Morgan fingerprint density at radius 3 is 2.37 bits per heavy atom. The van der Waals surface area contributed by atoms with E-state index in [1.807, 2.05) is 0 Å². The molecular formula is C21H13F2N3O. The molecule has 0 spiro atoms. The highest BCUT2D eigenvalue weighted by Crippen LogP contribution is 2.21. The van der Waals surface area contributed by atoms with Gasteiger partial charge in [-0.25, -0.2) is 13.8 Å². The molecule has 4 rings (SSSR count). The summed E-state index contributed by atoms with van der Waals surface area (Å²) in [6, 6.07) is 18.5. The monoisotopic (exact) mass is 361 g/mol. The van der Waals surface area contributed by atoms with Gasteiger partial charge in [0.2, 0.25) is 0 Å². The van der Waals surface area contributed by atoms with Crippen LogP contribution in [-0.4, -0.2) is 15.9 Å². The number of aromatic nitrogens is 2. The zero-order chi connectivity index (χ0) is 18.8. The molecule has 0 saturated carbocycles. The van der Waals surface area contributed by atoms with Crippen molar-refractivity contribution in [2.75, 3.05) is 0 Å². The summed E-state index contributed by atoms with van der Waals surface area (Å²) in [5, 5.41) is 4.57. The Balaban J connectivity index is 1.95. The molecule has 0 bridgehead atoms. The number of para-hydroxylation sites is 1. The largest absolute Gasteiger partial charge is 0.282 e. The first-order valence-corrected chi connectivity index (χ1v) is 8.20. The van der Waals surface area contributed by atoms with Gasteiger partial charge in [-0.3, -0.25) is 4.79 Å². The summed E-state index contributed by atoms with van der Waals surface area (Å²) in [5.41, 5.74) is 0.791. The molecule has 4 aromatic rings. The molecule has 0 N–H and O–H groups in total. The van der Waals surface area contributed by atoms with Gasteiger partial charge in [0.25, 0.3) is 5.56 Å².